The van der Waals surface area contributed by atoms with Gasteiger partial charge in [0, 0.05) is 11.9 Å². The number of hydrogen-bond donors (Lipinski definition) is 1. The predicted molar refractivity (Wildman–Crippen MR) is 77.2 cm³/mol. The summed E-state index contributed by atoms with van der Waals surface area (Å²) in [5.41, 5.74) is 1.17. The molecule has 1 amide bonds. The molecule has 0 aliphatic rings. The Balaban J connectivity index is 2.12. The number of para-hydroxylation sites is 1. The second-order valence-electron chi connectivity index (χ2n) is 4.25. The maximum atomic E-state index is 13.6. The molecule has 2 aromatic carbocycles. The van der Waals surface area contributed by atoms with E-state index in [1.807, 2.05) is 24.3 Å². The third kappa shape index (κ3) is 3.35. The Bertz CT molecular complexity index is 583. The maximum Gasteiger partial charge on any atom is 0.231 e. The summed E-state index contributed by atoms with van der Waals surface area (Å²) in [5, 5.41) is 0. The molecular weight excluding hydrogens is 261 g/mol. The van der Waals surface area contributed by atoms with Gasteiger partial charge in [0.05, 0.1) is 12.1 Å². The Hall–Kier alpha value is -1.81. The Morgan fingerprint density at radius 3 is 2.42 bits per heavy atom. The van der Waals surface area contributed by atoms with Gasteiger partial charge in [-0.2, -0.15) is 0 Å². The van der Waals surface area contributed by atoms with Crippen LogP contribution in [0.4, 0.5) is 10.1 Å². The molecule has 0 saturated heterocycles. The van der Waals surface area contributed by atoms with E-state index in [1.54, 1.807) is 25.2 Å². The number of likely N-dealkylation sites (N-methyl/N-ethyl adjacent to an activating group) is 1. The summed E-state index contributed by atoms with van der Waals surface area (Å²) in [6.45, 7) is 0. The highest BCUT2D eigenvalue weighted by atomic mass is 32.1. The lowest BCUT2D eigenvalue weighted by molar-refractivity contribution is -0.117. The molecule has 2 aromatic rings. The number of benzene rings is 2. The Labute approximate surface area is 117 Å². The summed E-state index contributed by atoms with van der Waals surface area (Å²) in [7, 11) is 1.58. The summed E-state index contributed by atoms with van der Waals surface area (Å²) in [6.07, 6.45) is 0.235. The lowest BCUT2D eigenvalue weighted by Gasteiger charge is -2.18. The van der Waals surface area contributed by atoms with Gasteiger partial charge in [-0.15, -0.1) is 12.6 Å². The highest BCUT2D eigenvalue weighted by molar-refractivity contribution is 7.80. The smallest absolute Gasteiger partial charge is 0.231 e. The van der Waals surface area contributed by atoms with Crippen molar-refractivity contribution in [3.8, 4) is 0 Å². The first-order chi connectivity index (χ1) is 9.08. The van der Waals surface area contributed by atoms with Gasteiger partial charge >= 0.3 is 0 Å². The molecule has 4 heteroatoms. The molecule has 98 valence electrons. The van der Waals surface area contributed by atoms with E-state index in [0.29, 0.717) is 5.69 Å². The largest absolute Gasteiger partial charge is 0.313 e. The van der Waals surface area contributed by atoms with E-state index in [0.717, 1.165) is 10.5 Å². The Morgan fingerprint density at radius 1 is 1.16 bits per heavy atom. The summed E-state index contributed by atoms with van der Waals surface area (Å²) in [5.74, 6) is -0.555. The molecule has 0 radical (unpaired) electrons. The number of carbonyl (C=O) groups excluding carboxylic acids is 1. The number of amides is 1. The lowest BCUT2D eigenvalue weighted by atomic mass is 10.1. The number of carbonyl (C=O) groups is 1. The van der Waals surface area contributed by atoms with Gasteiger partial charge in [-0.25, -0.2) is 4.39 Å². The van der Waals surface area contributed by atoms with Gasteiger partial charge in [-0.3, -0.25) is 4.79 Å². The van der Waals surface area contributed by atoms with Crippen molar-refractivity contribution in [2.45, 2.75) is 11.3 Å². The van der Waals surface area contributed by atoms with Crippen LogP contribution in [0.1, 0.15) is 5.56 Å². The van der Waals surface area contributed by atoms with Gasteiger partial charge in [-0.1, -0.05) is 24.3 Å². The zero-order chi connectivity index (χ0) is 13.8. The molecule has 0 bridgehead atoms. The highest BCUT2D eigenvalue weighted by Gasteiger charge is 2.14. The van der Waals surface area contributed by atoms with E-state index in [1.165, 1.54) is 11.0 Å². The molecule has 0 spiro atoms. The molecule has 2 rings (SSSR count). The van der Waals surface area contributed by atoms with Crippen LogP contribution in [-0.2, 0) is 11.2 Å². The van der Waals surface area contributed by atoms with Crippen molar-refractivity contribution in [1.82, 2.24) is 0 Å². The topological polar surface area (TPSA) is 20.3 Å². The van der Waals surface area contributed by atoms with Crippen LogP contribution in [0.5, 0.6) is 0 Å². The van der Waals surface area contributed by atoms with Crippen molar-refractivity contribution >= 4 is 24.2 Å². The molecule has 2 nitrogen and oxygen atoms in total. The third-order valence-corrected chi connectivity index (χ3v) is 3.18. The molecule has 0 aliphatic carbocycles. The minimum atomic E-state index is -0.399. The minimum Gasteiger partial charge on any atom is -0.313 e. The fourth-order valence-electron chi connectivity index (χ4n) is 1.77. The first kappa shape index (κ1) is 13.6. The van der Waals surface area contributed by atoms with Crippen LogP contribution in [0.15, 0.2) is 53.4 Å². The van der Waals surface area contributed by atoms with Gasteiger partial charge in [0.25, 0.3) is 0 Å². The van der Waals surface area contributed by atoms with Gasteiger partial charge in [0.1, 0.15) is 5.82 Å². The monoisotopic (exact) mass is 275 g/mol. The third-order valence-electron chi connectivity index (χ3n) is 2.88. The second kappa shape index (κ2) is 5.89. The normalized spacial score (nSPS) is 10.3. The number of nitrogens with zero attached hydrogens (tertiary/aromatic N) is 1. The summed E-state index contributed by atoms with van der Waals surface area (Å²) in [6, 6.07) is 13.6. The van der Waals surface area contributed by atoms with Gasteiger partial charge < -0.3 is 4.90 Å². The number of halogens is 1. The number of hydrogen-bond acceptors (Lipinski definition) is 2. The predicted octanol–water partition coefficient (Wildman–Crippen LogP) is 3.32. The lowest BCUT2D eigenvalue weighted by Crippen LogP contribution is -2.28. The molecule has 0 heterocycles. The Morgan fingerprint density at radius 2 is 1.79 bits per heavy atom. The van der Waals surface area contributed by atoms with E-state index in [4.69, 9.17) is 0 Å². The van der Waals surface area contributed by atoms with Crippen LogP contribution in [0, 0.1) is 5.82 Å². The zero-order valence-electron chi connectivity index (χ0n) is 10.5. The van der Waals surface area contributed by atoms with E-state index < -0.39 is 5.82 Å². The minimum absolute atomic E-state index is 0.156. The summed E-state index contributed by atoms with van der Waals surface area (Å²) >= 11 is 4.19. The number of thiol groups is 1. The van der Waals surface area contributed by atoms with Crippen LogP contribution in [-0.4, -0.2) is 13.0 Å². The molecule has 0 atom stereocenters. The molecular formula is C15H14FNOS. The zero-order valence-corrected chi connectivity index (χ0v) is 11.4. The maximum absolute atomic E-state index is 13.6. The van der Waals surface area contributed by atoms with E-state index in [9.17, 15) is 9.18 Å². The van der Waals surface area contributed by atoms with Crippen LogP contribution in [0.25, 0.3) is 0 Å². The first-order valence-electron chi connectivity index (χ1n) is 5.87. The molecule has 0 aromatic heterocycles. The number of rotatable bonds is 3. The fraction of sp³-hybridized carbons (Fsp3) is 0.133. The van der Waals surface area contributed by atoms with Crippen LogP contribution in [0.2, 0.25) is 0 Å². The van der Waals surface area contributed by atoms with Crippen molar-refractivity contribution in [1.29, 1.82) is 0 Å². The molecule has 0 fully saturated rings. The average molecular weight is 275 g/mol. The fourth-order valence-corrected chi connectivity index (χ4v) is 1.91. The molecule has 0 unspecified atom stereocenters. The van der Waals surface area contributed by atoms with Crippen LogP contribution >= 0.6 is 12.6 Å². The van der Waals surface area contributed by atoms with Gasteiger partial charge in [-0.05, 0) is 29.8 Å². The van der Waals surface area contributed by atoms with Crippen molar-refractivity contribution in [2.24, 2.45) is 0 Å². The molecule has 0 saturated carbocycles. The van der Waals surface area contributed by atoms with Crippen molar-refractivity contribution < 1.29 is 9.18 Å². The first-order valence-corrected chi connectivity index (χ1v) is 6.31. The summed E-state index contributed by atoms with van der Waals surface area (Å²) in [4.78, 5) is 14.3. The molecule has 0 N–H and O–H groups in total. The Kier molecular flexibility index (Phi) is 4.22. The molecule has 19 heavy (non-hydrogen) atoms. The second-order valence-corrected chi connectivity index (χ2v) is 4.76. The molecule has 0 aliphatic heterocycles. The van der Waals surface area contributed by atoms with E-state index in [2.05, 4.69) is 12.6 Å². The highest BCUT2D eigenvalue weighted by Crippen LogP contribution is 2.18. The van der Waals surface area contributed by atoms with E-state index in [-0.39, 0.29) is 12.3 Å². The number of anilines is 1. The van der Waals surface area contributed by atoms with Gasteiger partial charge in [0.15, 0.2) is 0 Å². The quantitative estimate of drug-likeness (QED) is 0.852. The van der Waals surface area contributed by atoms with Gasteiger partial charge in [0.2, 0.25) is 5.91 Å². The van der Waals surface area contributed by atoms with Crippen molar-refractivity contribution in [2.75, 3.05) is 11.9 Å². The average Bonchev–Trinajstić information content (AvgIpc) is 2.41. The van der Waals surface area contributed by atoms with Crippen molar-refractivity contribution in [3.63, 3.8) is 0 Å². The van der Waals surface area contributed by atoms with Crippen molar-refractivity contribution in [3.05, 3.63) is 59.9 Å². The SMILES string of the molecule is CN(C(=O)Cc1ccc(S)cc1)c1ccccc1F. The van der Waals surface area contributed by atoms with E-state index >= 15 is 0 Å². The van der Waals surface area contributed by atoms with Crippen LogP contribution in [0.3, 0.4) is 0 Å². The summed E-state index contributed by atoms with van der Waals surface area (Å²) < 4.78 is 13.6. The standard InChI is InChI=1S/C15H14FNOS/c1-17(14-5-3-2-4-13(14)16)15(18)10-11-6-8-12(19)9-7-11/h2-9,19H,10H2,1H3. The van der Waals surface area contributed by atoms with Crippen LogP contribution < -0.4 is 4.90 Å².